The van der Waals surface area contributed by atoms with Crippen LogP contribution in [0.4, 0.5) is 4.39 Å². The fourth-order valence-electron chi connectivity index (χ4n) is 5.21. The second-order valence-corrected chi connectivity index (χ2v) is 11.7. The predicted octanol–water partition coefficient (Wildman–Crippen LogP) is 8.16. The zero-order valence-corrected chi connectivity index (χ0v) is 27.7. The Morgan fingerprint density at radius 1 is 0.738 bits per heavy atom. The third-order valence-corrected chi connectivity index (χ3v) is 7.69. The summed E-state index contributed by atoms with van der Waals surface area (Å²) in [6.45, 7) is 5.57. The number of nitrogens with zero attached hydrogens (tertiary/aromatic N) is 2. The van der Waals surface area contributed by atoms with Crippen LogP contribution < -0.4 is 0 Å². The highest BCUT2D eigenvalue weighted by molar-refractivity contribution is 5.85. The summed E-state index contributed by atoms with van der Waals surface area (Å²) in [5.74, 6) is -1.70. The molecule has 0 saturated heterocycles. The third-order valence-electron chi connectivity index (χ3n) is 7.69. The average molecular weight is 599 g/mol. The molecule has 1 unspecified atom stereocenters. The lowest BCUT2D eigenvalue weighted by Gasteiger charge is -2.33. The van der Waals surface area contributed by atoms with Gasteiger partial charge in [-0.05, 0) is 78.6 Å². The van der Waals surface area contributed by atoms with Crippen molar-refractivity contribution in [1.82, 2.24) is 9.80 Å². The summed E-state index contributed by atoms with van der Waals surface area (Å²) < 4.78 is 23.4. The van der Waals surface area contributed by atoms with E-state index < -0.39 is 11.8 Å². The van der Waals surface area contributed by atoms with Gasteiger partial charge < -0.3 is 19.3 Å². The Morgan fingerprint density at radius 3 is 1.90 bits per heavy atom. The third kappa shape index (κ3) is 22.6. The fourth-order valence-corrected chi connectivity index (χ4v) is 5.21. The molecule has 1 atom stereocenters. The SMILES string of the molecule is CCCCCCCCCCC(CCCCCCC(=O)OC)N(CCCC/C=C(\F)C(=O)OCC)C(=O)CCCN(C)C. The van der Waals surface area contributed by atoms with Crippen LogP contribution in [-0.2, 0) is 23.9 Å². The summed E-state index contributed by atoms with van der Waals surface area (Å²) in [4.78, 5) is 40.7. The molecule has 0 aliphatic carbocycles. The smallest absolute Gasteiger partial charge is 0.366 e. The van der Waals surface area contributed by atoms with Crippen LogP contribution in [0.2, 0.25) is 0 Å². The van der Waals surface area contributed by atoms with Crippen molar-refractivity contribution in [2.45, 2.75) is 148 Å². The number of hydrogen-bond acceptors (Lipinski definition) is 6. The van der Waals surface area contributed by atoms with Crippen molar-refractivity contribution in [1.29, 1.82) is 0 Å². The van der Waals surface area contributed by atoms with Crippen LogP contribution in [0.1, 0.15) is 142 Å². The number of unbranched alkanes of at least 4 members (excludes halogenated alkanes) is 12. The van der Waals surface area contributed by atoms with Crippen LogP contribution in [0.3, 0.4) is 0 Å². The van der Waals surface area contributed by atoms with E-state index in [0.29, 0.717) is 32.2 Å². The van der Waals surface area contributed by atoms with Gasteiger partial charge in [0.25, 0.3) is 0 Å². The zero-order chi connectivity index (χ0) is 31.4. The Bertz CT molecular complexity index is 729. The topological polar surface area (TPSA) is 76.1 Å². The van der Waals surface area contributed by atoms with Crippen molar-refractivity contribution in [3.05, 3.63) is 11.9 Å². The van der Waals surface area contributed by atoms with Crippen LogP contribution >= 0.6 is 0 Å². The van der Waals surface area contributed by atoms with Crippen molar-refractivity contribution in [2.75, 3.05) is 40.9 Å². The number of ether oxygens (including phenoxy) is 2. The van der Waals surface area contributed by atoms with Crippen LogP contribution in [0.15, 0.2) is 11.9 Å². The highest BCUT2D eigenvalue weighted by atomic mass is 19.1. The van der Waals surface area contributed by atoms with Gasteiger partial charge in [0.1, 0.15) is 0 Å². The number of carbonyl (C=O) groups is 3. The number of rotatable bonds is 28. The van der Waals surface area contributed by atoms with Crippen LogP contribution in [-0.4, -0.2) is 74.6 Å². The lowest BCUT2D eigenvalue weighted by atomic mass is 9.97. The molecule has 0 aliphatic rings. The maximum absolute atomic E-state index is 13.9. The Kier molecular flexibility index (Phi) is 26.5. The molecule has 0 rings (SSSR count). The molecule has 0 radical (unpaired) electrons. The highest BCUT2D eigenvalue weighted by Gasteiger charge is 2.23. The first kappa shape index (κ1) is 40.0. The molecule has 0 saturated carbocycles. The monoisotopic (exact) mass is 598 g/mol. The number of halogens is 1. The summed E-state index contributed by atoms with van der Waals surface area (Å²) in [5.41, 5.74) is 0. The summed E-state index contributed by atoms with van der Waals surface area (Å²) in [7, 11) is 5.47. The average Bonchev–Trinajstić information content (AvgIpc) is 2.96. The standard InChI is InChI=1S/C34H63FN2O5/c1-6-8-9-10-11-12-13-17-23-30(24-18-14-15-20-27-33(39)41-5)37(32(38)26-22-28-36(3)4)29-21-16-19-25-31(35)34(40)42-7-2/h25,30H,6-24,26-29H2,1-5H3/b31-25-. The number of amides is 1. The van der Waals surface area contributed by atoms with Crippen molar-refractivity contribution in [2.24, 2.45) is 0 Å². The van der Waals surface area contributed by atoms with E-state index >= 15 is 0 Å². The van der Waals surface area contributed by atoms with E-state index in [0.717, 1.165) is 64.3 Å². The Morgan fingerprint density at radius 2 is 1.33 bits per heavy atom. The fraction of sp³-hybridized carbons (Fsp3) is 0.853. The molecule has 1 amide bonds. The van der Waals surface area contributed by atoms with Crippen molar-refractivity contribution < 1.29 is 28.2 Å². The Balaban J connectivity index is 5.18. The van der Waals surface area contributed by atoms with Gasteiger partial charge in [-0.1, -0.05) is 77.6 Å². The van der Waals surface area contributed by atoms with Crippen LogP contribution in [0, 0.1) is 0 Å². The molecule has 0 aromatic rings. The number of allylic oxidation sites excluding steroid dienone is 1. The van der Waals surface area contributed by atoms with Crippen molar-refractivity contribution >= 4 is 17.8 Å². The van der Waals surface area contributed by atoms with Crippen molar-refractivity contribution in [3.63, 3.8) is 0 Å². The largest absolute Gasteiger partial charge is 0.469 e. The van der Waals surface area contributed by atoms with Gasteiger partial charge in [-0.25, -0.2) is 4.79 Å². The highest BCUT2D eigenvalue weighted by Crippen LogP contribution is 2.21. The molecule has 0 spiro atoms. The molecule has 0 fully saturated rings. The summed E-state index contributed by atoms with van der Waals surface area (Å²) in [6, 6.07) is 0.198. The van der Waals surface area contributed by atoms with Gasteiger partial charge in [0.15, 0.2) is 0 Å². The molecule has 8 heteroatoms. The van der Waals surface area contributed by atoms with E-state index in [1.807, 2.05) is 14.1 Å². The molecule has 0 aliphatic heterocycles. The summed E-state index contributed by atoms with van der Waals surface area (Å²) >= 11 is 0. The van der Waals surface area contributed by atoms with Gasteiger partial charge in [-0.3, -0.25) is 9.59 Å². The van der Waals surface area contributed by atoms with Crippen molar-refractivity contribution in [3.8, 4) is 0 Å². The number of carbonyl (C=O) groups excluding carboxylic acids is 3. The van der Waals surface area contributed by atoms with E-state index in [4.69, 9.17) is 9.47 Å². The van der Waals surface area contributed by atoms with Gasteiger partial charge in [0.05, 0.1) is 13.7 Å². The number of methoxy groups -OCH3 is 1. The molecule has 0 heterocycles. The maximum atomic E-state index is 13.9. The minimum Gasteiger partial charge on any atom is -0.469 e. The Hall–Kier alpha value is -1.96. The molecule has 0 aromatic carbocycles. The Labute approximate surface area is 256 Å². The van der Waals surface area contributed by atoms with Gasteiger partial charge in [-0.15, -0.1) is 0 Å². The van der Waals surface area contributed by atoms with Gasteiger partial charge in [-0.2, -0.15) is 4.39 Å². The van der Waals surface area contributed by atoms with Crippen LogP contribution in [0.5, 0.6) is 0 Å². The normalized spacial score (nSPS) is 12.4. The molecule has 246 valence electrons. The molecular weight excluding hydrogens is 535 g/mol. The second kappa shape index (κ2) is 27.8. The summed E-state index contributed by atoms with van der Waals surface area (Å²) in [5, 5.41) is 0. The lowest BCUT2D eigenvalue weighted by Crippen LogP contribution is -2.41. The van der Waals surface area contributed by atoms with Gasteiger partial charge in [0, 0.05) is 25.4 Å². The number of esters is 2. The first-order chi connectivity index (χ1) is 20.3. The van der Waals surface area contributed by atoms with Crippen LogP contribution in [0.25, 0.3) is 0 Å². The number of hydrogen-bond donors (Lipinski definition) is 0. The predicted molar refractivity (Wildman–Crippen MR) is 170 cm³/mol. The minimum absolute atomic E-state index is 0.149. The summed E-state index contributed by atoms with van der Waals surface area (Å²) in [6.07, 6.45) is 20.9. The van der Waals surface area contributed by atoms with E-state index in [-0.39, 0.29) is 24.5 Å². The molecule has 7 nitrogen and oxygen atoms in total. The first-order valence-corrected chi connectivity index (χ1v) is 16.8. The van der Waals surface area contributed by atoms with E-state index in [2.05, 4.69) is 16.7 Å². The van der Waals surface area contributed by atoms with Gasteiger partial charge in [0.2, 0.25) is 11.7 Å². The van der Waals surface area contributed by atoms with Gasteiger partial charge >= 0.3 is 11.9 Å². The molecule has 0 bridgehead atoms. The molecule has 42 heavy (non-hydrogen) atoms. The zero-order valence-electron chi connectivity index (χ0n) is 27.7. The first-order valence-electron chi connectivity index (χ1n) is 16.8. The molecule has 0 aromatic heterocycles. The van der Waals surface area contributed by atoms with E-state index in [1.54, 1.807) is 6.92 Å². The lowest BCUT2D eigenvalue weighted by molar-refractivity contribution is -0.141. The molecular formula is C34H63FN2O5. The second-order valence-electron chi connectivity index (χ2n) is 11.7. The quantitative estimate of drug-likeness (QED) is 0.0514. The maximum Gasteiger partial charge on any atom is 0.366 e. The molecule has 0 N–H and O–H groups in total. The minimum atomic E-state index is -0.910. The van der Waals surface area contributed by atoms with E-state index in [1.165, 1.54) is 58.1 Å². The van der Waals surface area contributed by atoms with E-state index in [9.17, 15) is 18.8 Å².